The Labute approximate surface area is 114 Å². The smallest absolute Gasteiger partial charge is 0.316 e. The van der Waals surface area contributed by atoms with E-state index in [2.05, 4.69) is 10.6 Å². The zero-order chi connectivity index (χ0) is 14.5. The van der Waals surface area contributed by atoms with Gasteiger partial charge in [0.2, 0.25) is 0 Å². The Morgan fingerprint density at radius 3 is 2.25 bits per heavy atom. The van der Waals surface area contributed by atoms with Crippen LogP contribution < -0.4 is 16.4 Å². The van der Waals surface area contributed by atoms with Crippen LogP contribution in [0, 0.1) is 5.82 Å². The first-order chi connectivity index (χ1) is 9.56. The number of halogens is 1. The zero-order valence-electron chi connectivity index (χ0n) is 10.4. The molecular weight excluding hydrogens is 261 g/mol. The molecule has 2 aromatic carbocycles. The number of anilines is 2. The molecule has 0 saturated heterocycles. The third kappa shape index (κ3) is 3.32. The summed E-state index contributed by atoms with van der Waals surface area (Å²) < 4.78 is 12.8. The summed E-state index contributed by atoms with van der Waals surface area (Å²) in [6.45, 7) is 0. The molecule has 2 rings (SSSR count). The van der Waals surface area contributed by atoms with Crippen LogP contribution in [0.5, 0.6) is 0 Å². The molecule has 0 spiro atoms. The summed E-state index contributed by atoms with van der Waals surface area (Å²) in [5.74, 6) is -0.820. The van der Waals surface area contributed by atoms with E-state index in [1.54, 1.807) is 24.3 Å². The van der Waals surface area contributed by atoms with Crippen molar-refractivity contribution in [3.63, 3.8) is 0 Å². The summed E-state index contributed by atoms with van der Waals surface area (Å²) in [4.78, 5) is 23.0. The van der Waals surface area contributed by atoms with Crippen molar-refractivity contribution in [2.24, 2.45) is 5.73 Å². The van der Waals surface area contributed by atoms with E-state index < -0.39 is 17.8 Å². The Bertz CT molecular complexity index is 641. The highest BCUT2D eigenvalue weighted by molar-refractivity contribution is 6.09. The third-order valence-corrected chi connectivity index (χ3v) is 2.53. The Morgan fingerprint density at radius 1 is 0.950 bits per heavy atom. The van der Waals surface area contributed by atoms with Crippen molar-refractivity contribution in [2.75, 3.05) is 10.6 Å². The minimum absolute atomic E-state index is 0.260. The van der Waals surface area contributed by atoms with Crippen LogP contribution in [0.4, 0.5) is 20.6 Å². The van der Waals surface area contributed by atoms with Crippen LogP contribution in [-0.2, 0) is 0 Å². The van der Waals surface area contributed by atoms with Crippen molar-refractivity contribution in [2.45, 2.75) is 0 Å². The molecule has 102 valence electrons. The molecule has 0 aliphatic rings. The Balaban J connectivity index is 2.20. The van der Waals surface area contributed by atoms with Gasteiger partial charge in [0, 0.05) is 5.69 Å². The summed E-state index contributed by atoms with van der Waals surface area (Å²) in [6.07, 6.45) is 0. The zero-order valence-corrected chi connectivity index (χ0v) is 10.4. The van der Waals surface area contributed by atoms with Crippen molar-refractivity contribution in [3.05, 3.63) is 59.9 Å². The first-order valence-corrected chi connectivity index (χ1v) is 5.78. The number of para-hydroxylation sites is 1. The summed E-state index contributed by atoms with van der Waals surface area (Å²) in [6, 6.07) is 11.0. The molecule has 0 bridgehead atoms. The number of rotatable bonds is 3. The Kier molecular flexibility index (Phi) is 3.95. The monoisotopic (exact) mass is 273 g/mol. The van der Waals surface area contributed by atoms with Crippen LogP contribution in [0.25, 0.3) is 0 Å². The van der Waals surface area contributed by atoms with E-state index >= 15 is 0 Å². The average Bonchev–Trinajstić information content (AvgIpc) is 2.41. The van der Waals surface area contributed by atoms with E-state index in [4.69, 9.17) is 5.73 Å². The van der Waals surface area contributed by atoms with Gasteiger partial charge in [-0.25, -0.2) is 9.18 Å². The van der Waals surface area contributed by atoms with Crippen LogP contribution in [0.3, 0.4) is 0 Å². The van der Waals surface area contributed by atoms with Crippen molar-refractivity contribution in [1.82, 2.24) is 0 Å². The SMILES string of the molecule is NC(=O)Nc1ccccc1C(=O)Nc1ccc(F)cc1. The van der Waals surface area contributed by atoms with Gasteiger partial charge < -0.3 is 16.4 Å². The number of urea groups is 1. The molecule has 5 nitrogen and oxygen atoms in total. The van der Waals surface area contributed by atoms with Crippen LogP contribution >= 0.6 is 0 Å². The van der Waals surface area contributed by atoms with Gasteiger partial charge in [-0.15, -0.1) is 0 Å². The van der Waals surface area contributed by atoms with Crippen molar-refractivity contribution in [1.29, 1.82) is 0 Å². The topological polar surface area (TPSA) is 84.2 Å². The van der Waals surface area contributed by atoms with Gasteiger partial charge in [-0.05, 0) is 36.4 Å². The lowest BCUT2D eigenvalue weighted by Gasteiger charge is -2.10. The second kappa shape index (κ2) is 5.83. The van der Waals surface area contributed by atoms with E-state index in [1.807, 2.05) is 0 Å². The number of primary amides is 1. The third-order valence-electron chi connectivity index (χ3n) is 2.53. The Hall–Kier alpha value is -2.89. The number of benzene rings is 2. The fraction of sp³-hybridized carbons (Fsp3) is 0. The average molecular weight is 273 g/mol. The highest BCUT2D eigenvalue weighted by atomic mass is 19.1. The summed E-state index contributed by atoms with van der Waals surface area (Å²) in [7, 11) is 0. The molecule has 0 saturated carbocycles. The summed E-state index contributed by atoms with van der Waals surface area (Å²) in [5, 5.41) is 4.97. The second-order valence-corrected chi connectivity index (χ2v) is 4.00. The van der Waals surface area contributed by atoms with Crippen LogP contribution in [0.2, 0.25) is 0 Å². The van der Waals surface area contributed by atoms with Crippen LogP contribution in [-0.4, -0.2) is 11.9 Å². The van der Waals surface area contributed by atoms with Gasteiger partial charge in [0.05, 0.1) is 11.3 Å². The van der Waals surface area contributed by atoms with Gasteiger partial charge in [-0.3, -0.25) is 4.79 Å². The normalized spacial score (nSPS) is 9.85. The minimum Gasteiger partial charge on any atom is -0.351 e. The number of carbonyl (C=O) groups is 2. The molecule has 4 N–H and O–H groups in total. The predicted molar refractivity (Wildman–Crippen MR) is 74.0 cm³/mol. The molecule has 0 atom stereocenters. The lowest BCUT2D eigenvalue weighted by molar-refractivity contribution is 0.102. The molecule has 3 amide bonds. The standard InChI is InChI=1S/C14H12FN3O2/c15-9-5-7-10(8-6-9)17-13(19)11-3-1-2-4-12(11)18-14(16)20/h1-8H,(H,17,19)(H3,16,18,20). The molecule has 0 aliphatic heterocycles. The highest BCUT2D eigenvalue weighted by Crippen LogP contribution is 2.17. The molecule has 0 radical (unpaired) electrons. The van der Waals surface area contributed by atoms with E-state index in [9.17, 15) is 14.0 Å². The fourth-order valence-electron chi connectivity index (χ4n) is 1.65. The first-order valence-electron chi connectivity index (χ1n) is 5.78. The number of nitrogens with two attached hydrogens (primary N) is 1. The number of carbonyl (C=O) groups excluding carboxylic acids is 2. The van der Waals surface area contributed by atoms with Gasteiger partial charge in [0.25, 0.3) is 5.91 Å². The summed E-state index contributed by atoms with van der Waals surface area (Å²) in [5.41, 5.74) is 6.05. The van der Waals surface area contributed by atoms with Gasteiger partial charge >= 0.3 is 6.03 Å². The quantitative estimate of drug-likeness (QED) is 0.803. The maximum absolute atomic E-state index is 12.8. The molecule has 2 aromatic rings. The summed E-state index contributed by atoms with van der Waals surface area (Å²) >= 11 is 0. The lowest BCUT2D eigenvalue weighted by Crippen LogP contribution is -2.22. The molecule has 0 heterocycles. The van der Waals surface area contributed by atoms with E-state index in [0.717, 1.165) is 0 Å². The van der Waals surface area contributed by atoms with E-state index in [0.29, 0.717) is 11.4 Å². The lowest BCUT2D eigenvalue weighted by atomic mass is 10.1. The van der Waals surface area contributed by atoms with E-state index in [1.165, 1.54) is 24.3 Å². The number of amides is 3. The molecule has 0 aliphatic carbocycles. The molecule has 0 unspecified atom stereocenters. The number of hydrogen-bond acceptors (Lipinski definition) is 2. The van der Waals surface area contributed by atoms with Crippen molar-refractivity contribution < 1.29 is 14.0 Å². The maximum atomic E-state index is 12.8. The molecule has 6 heteroatoms. The van der Waals surface area contributed by atoms with Gasteiger partial charge in [-0.1, -0.05) is 12.1 Å². The van der Waals surface area contributed by atoms with Crippen molar-refractivity contribution >= 4 is 23.3 Å². The fourth-order valence-corrected chi connectivity index (χ4v) is 1.65. The largest absolute Gasteiger partial charge is 0.351 e. The predicted octanol–water partition coefficient (Wildman–Crippen LogP) is 2.57. The van der Waals surface area contributed by atoms with E-state index in [-0.39, 0.29) is 5.56 Å². The molecular formula is C14H12FN3O2. The first kappa shape index (κ1) is 13.5. The minimum atomic E-state index is -0.757. The van der Waals surface area contributed by atoms with Crippen LogP contribution in [0.1, 0.15) is 10.4 Å². The highest BCUT2D eigenvalue weighted by Gasteiger charge is 2.12. The van der Waals surface area contributed by atoms with Gasteiger partial charge in [0.1, 0.15) is 5.82 Å². The van der Waals surface area contributed by atoms with Gasteiger partial charge in [-0.2, -0.15) is 0 Å². The van der Waals surface area contributed by atoms with Crippen LogP contribution in [0.15, 0.2) is 48.5 Å². The maximum Gasteiger partial charge on any atom is 0.316 e. The number of nitrogens with one attached hydrogen (secondary N) is 2. The molecule has 0 fully saturated rings. The second-order valence-electron chi connectivity index (χ2n) is 4.00. The van der Waals surface area contributed by atoms with Gasteiger partial charge in [0.15, 0.2) is 0 Å². The molecule has 20 heavy (non-hydrogen) atoms. The Morgan fingerprint density at radius 2 is 1.60 bits per heavy atom. The van der Waals surface area contributed by atoms with Crippen molar-refractivity contribution in [3.8, 4) is 0 Å². The number of hydrogen-bond donors (Lipinski definition) is 3. The molecule has 0 aromatic heterocycles.